The Hall–Kier alpha value is -1.39. The molecule has 1 aromatic heterocycles. The number of rotatable bonds is 7. The van der Waals surface area contributed by atoms with Crippen molar-refractivity contribution >= 4 is 11.8 Å². The molecule has 0 radical (unpaired) electrons. The number of aromatic nitrogens is 3. The van der Waals surface area contributed by atoms with Gasteiger partial charge in [0.2, 0.25) is 5.95 Å². The zero-order valence-corrected chi connectivity index (χ0v) is 11.3. The normalized spacial score (nSPS) is 10.6. The first-order valence-corrected chi connectivity index (χ1v) is 6.38. The Morgan fingerprint density at radius 2 is 1.88 bits per heavy atom. The Labute approximate surface area is 104 Å². The summed E-state index contributed by atoms with van der Waals surface area (Å²) < 4.78 is 0. The number of hydrogen-bond acceptors (Lipinski definition) is 5. The molecule has 1 N–H and O–H groups in total. The minimum absolute atomic E-state index is 0.317. The van der Waals surface area contributed by atoms with Gasteiger partial charge in [0.05, 0.1) is 6.20 Å². The molecule has 1 rings (SSSR count). The van der Waals surface area contributed by atoms with Gasteiger partial charge in [0.25, 0.3) is 0 Å². The van der Waals surface area contributed by atoms with Crippen molar-refractivity contribution in [2.75, 3.05) is 23.3 Å². The van der Waals surface area contributed by atoms with Crippen LogP contribution in [0.15, 0.2) is 6.20 Å². The zero-order chi connectivity index (χ0) is 12.7. The highest BCUT2D eigenvalue weighted by Crippen LogP contribution is 2.12. The van der Waals surface area contributed by atoms with E-state index in [1.807, 2.05) is 0 Å². The van der Waals surface area contributed by atoms with Crippen molar-refractivity contribution in [2.45, 2.75) is 46.6 Å². The van der Waals surface area contributed by atoms with Crippen molar-refractivity contribution in [1.29, 1.82) is 0 Å². The van der Waals surface area contributed by atoms with E-state index in [9.17, 15) is 0 Å². The standard InChI is InChI=1S/C12H23N5/c1-5-7-17(8-6-2)11-9-13-16-12(15-11)14-10(3)4/h9-10H,5-8H2,1-4H3,(H,14,15,16). The van der Waals surface area contributed by atoms with Crippen LogP contribution in [0.25, 0.3) is 0 Å². The van der Waals surface area contributed by atoms with Gasteiger partial charge in [0.15, 0.2) is 5.82 Å². The lowest BCUT2D eigenvalue weighted by atomic mass is 10.3. The Morgan fingerprint density at radius 3 is 2.41 bits per heavy atom. The Morgan fingerprint density at radius 1 is 1.24 bits per heavy atom. The molecule has 0 amide bonds. The van der Waals surface area contributed by atoms with Gasteiger partial charge in [-0.1, -0.05) is 13.8 Å². The third-order valence-electron chi connectivity index (χ3n) is 2.27. The Bertz CT molecular complexity index is 320. The molecule has 1 heterocycles. The molecule has 0 saturated carbocycles. The van der Waals surface area contributed by atoms with Crippen LogP contribution in [0.4, 0.5) is 11.8 Å². The van der Waals surface area contributed by atoms with Gasteiger partial charge < -0.3 is 10.2 Å². The van der Waals surface area contributed by atoms with Crippen molar-refractivity contribution in [1.82, 2.24) is 15.2 Å². The minimum atomic E-state index is 0.317. The predicted molar refractivity (Wildman–Crippen MR) is 71.4 cm³/mol. The second-order valence-corrected chi connectivity index (χ2v) is 4.42. The van der Waals surface area contributed by atoms with Crippen molar-refractivity contribution in [3.8, 4) is 0 Å². The van der Waals surface area contributed by atoms with Crippen molar-refractivity contribution in [3.63, 3.8) is 0 Å². The van der Waals surface area contributed by atoms with Crippen LogP contribution in [-0.4, -0.2) is 34.3 Å². The lowest BCUT2D eigenvalue weighted by molar-refractivity contribution is 0.725. The van der Waals surface area contributed by atoms with E-state index in [4.69, 9.17) is 0 Å². The molecule has 0 bridgehead atoms. The fraction of sp³-hybridized carbons (Fsp3) is 0.750. The fourth-order valence-corrected chi connectivity index (χ4v) is 1.65. The van der Waals surface area contributed by atoms with E-state index in [2.05, 4.69) is 53.1 Å². The first kappa shape index (κ1) is 13.7. The van der Waals surface area contributed by atoms with Crippen LogP contribution in [0.2, 0.25) is 0 Å². The lowest BCUT2D eigenvalue weighted by Gasteiger charge is -2.22. The van der Waals surface area contributed by atoms with Crippen LogP contribution < -0.4 is 10.2 Å². The molecular formula is C12H23N5. The second kappa shape index (κ2) is 7.04. The van der Waals surface area contributed by atoms with Crippen molar-refractivity contribution in [2.24, 2.45) is 0 Å². The Balaban J connectivity index is 2.79. The van der Waals surface area contributed by atoms with Crippen LogP contribution in [0.1, 0.15) is 40.5 Å². The maximum Gasteiger partial charge on any atom is 0.244 e. The molecule has 0 spiro atoms. The van der Waals surface area contributed by atoms with Crippen molar-refractivity contribution < 1.29 is 0 Å². The van der Waals surface area contributed by atoms with Gasteiger partial charge in [0, 0.05) is 19.1 Å². The topological polar surface area (TPSA) is 53.9 Å². The maximum absolute atomic E-state index is 4.49. The maximum atomic E-state index is 4.49. The molecule has 0 fully saturated rings. The number of nitrogens with one attached hydrogen (secondary N) is 1. The van der Waals surface area contributed by atoms with E-state index in [-0.39, 0.29) is 0 Å². The molecule has 0 atom stereocenters. The largest absolute Gasteiger partial charge is 0.355 e. The molecule has 0 aromatic carbocycles. The smallest absolute Gasteiger partial charge is 0.244 e. The first-order chi connectivity index (χ1) is 8.17. The highest BCUT2D eigenvalue weighted by atomic mass is 15.3. The average molecular weight is 237 g/mol. The summed E-state index contributed by atoms with van der Waals surface area (Å²) in [5, 5.41) is 11.2. The van der Waals surface area contributed by atoms with Gasteiger partial charge in [0.1, 0.15) is 0 Å². The predicted octanol–water partition coefficient (Wildman–Crippen LogP) is 2.32. The summed E-state index contributed by atoms with van der Waals surface area (Å²) >= 11 is 0. The molecule has 17 heavy (non-hydrogen) atoms. The van der Waals surface area contributed by atoms with Gasteiger partial charge in [-0.2, -0.15) is 10.1 Å². The van der Waals surface area contributed by atoms with E-state index in [0.29, 0.717) is 12.0 Å². The van der Waals surface area contributed by atoms with E-state index >= 15 is 0 Å². The molecule has 0 aliphatic heterocycles. The summed E-state index contributed by atoms with van der Waals surface area (Å²) in [6, 6.07) is 0.317. The summed E-state index contributed by atoms with van der Waals surface area (Å²) in [5.41, 5.74) is 0. The molecule has 5 heteroatoms. The lowest BCUT2D eigenvalue weighted by Crippen LogP contribution is -2.26. The quantitative estimate of drug-likeness (QED) is 0.788. The molecule has 0 aliphatic carbocycles. The van der Waals surface area contributed by atoms with Crippen LogP contribution in [0, 0.1) is 0 Å². The highest BCUT2D eigenvalue weighted by molar-refractivity contribution is 5.40. The van der Waals surface area contributed by atoms with Gasteiger partial charge in [-0.25, -0.2) is 0 Å². The van der Waals surface area contributed by atoms with Gasteiger partial charge >= 0.3 is 0 Å². The molecule has 0 aliphatic rings. The zero-order valence-electron chi connectivity index (χ0n) is 11.3. The number of nitrogens with zero attached hydrogens (tertiary/aromatic N) is 4. The minimum Gasteiger partial charge on any atom is -0.355 e. The highest BCUT2D eigenvalue weighted by Gasteiger charge is 2.08. The monoisotopic (exact) mass is 237 g/mol. The summed E-state index contributed by atoms with van der Waals surface area (Å²) in [7, 11) is 0. The molecule has 0 unspecified atom stereocenters. The molecular weight excluding hydrogens is 214 g/mol. The number of hydrogen-bond donors (Lipinski definition) is 1. The van der Waals surface area contributed by atoms with Gasteiger partial charge in [-0.15, -0.1) is 5.10 Å². The Kier molecular flexibility index (Phi) is 5.66. The van der Waals surface area contributed by atoms with Gasteiger partial charge in [-0.3, -0.25) is 0 Å². The summed E-state index contributed by atoms with van der Waals surface area (Å²) in [4.78, 5) is 6.74. The first-order valence-electron chi connectivity index (χ1n) is 6.38. The van der Waals surface area contributed by atoms with E-state index in [1.165, 1.54) is 0 Å². The molecule has 5 nitrogen and oxygen atoms in total. The van der Waals surface area contributed by atoms with Crippen LogP contribution in [0.5, 0.6) is 0 Å². The summed E-state index contributed by atoms with van der Waals surface area (Å²) in [6.07, 6.45) is 3.95. The average Bonchev–Trinajstić information content (AvgIpc) is 2.28. The van der Waals surface area contributed by atoms with Crippen LogP contribution in [-0.2, 0) is 0 Å². The fourth-order valence-electron chi connectivity index (χ4n) is 1.65. The summed E-state index contributed by atoms with van der Waals surface area (Å²) in [6.45, 7) is 10.5. The van der Waals surface area contributed by atoms with Gasteiger partial charge in [-0.05, 0) is 26.7 Å². The van der Waals surface area contributed by atoms with Crippen LogP contribution >= 0.6 is 0 Å². The molecule has 1 aromatic rings. The van der Waals surface area contributed by atoms with E-state index in [1.54, 1.807) is 6.20 Å². The third kappa shape index (κ3) is 4.54. The molecule has 0 saturated heterocycles. The van der Waals surface area contributed by atoms with Crippen LogP contribution in [0.3, 0.4) is 0 Å². The third-order valence-corrected chi connectivity index (χ3v) is 2.27. The molecule has 96 valence electrons. The second-order valence-electron chi connectivity index (χ2n) is 4.42. The van der Waals surface area contributed by atoms with Crippen molar-refractivity contribution in [3.05, 3.63) is 6.20 Å². The van der Waals surface area contributed by atoms with E-state index < -0.39 is 0 Å². The number of anilines is 2. The SMILES string of the molecule is CCCN(CCC)c1cnnc(NC(C)C)n1. The summed E-state index contributed by atoms with van der Waals surface area (Å²) in [5.74, 6) is 1.52. The van der Waals surface area contributed by atoms with E-state index in [0.717, 1.165) is 31.7 Å².